The molecule has 0 amide bonds. The molecule has 8 nitrogen and oxygen atoms in total. The van der Waals surface area contributed by atoms with Crippen molar-refractivity contribution >= 4 is 28.7 Å². The number of fused-ring (bicyclic) bond motifs is 1. The molecule has 1 aliphatic heterocycles. The first-order valence-electron chi connectivity index (χ1n) is 12.4. The van der Waals surface area contributed by atoms with Gasteiger partial charge in [-0.25, -0.2) is 9.97 Å². The van der Waals surface area contributed by atoms with Crippen LogP contribution < -0.4 is 19.9 Å². The monoisotopic (exact) mass is 489 g/mol. The fraction of sp³-hybridized carbons (Fsp3) is 0.464. The number of aryl methyl sites for hydroxylation is 3. The summed E-state index contributed by atoms with van der Waals surface area (Å²) in [5, 5.41) is 3.46. The van der Waals surface area contributed by atoms with Gasteiger partial charge >= 0.3 is 0 Å². The number of likely N-dealkylation sites (N-methyl/N-ethyl adjacent to an activating group) is 2. The molecule has 0 bridgehead atoms. The minimum absolute atomic E-state index is 0.0683. The number of aromatic nitrogens is 3. The lowest BCUT2D eigenvalue weighted by molar-refractivity contribution is 0.413. The number of benzene rings is 1. The van der Waals surface area contributed by atoms with Gasteiger partial charge in [-0.05, 0) is 58.1 Å². The first-order chi connectivity index (χ1) is 17.0. The first-order valence-corrected chi connectivity index (χ1v) is 12.4. The molecule has 1 aromatic carbocycles. The maximum absolute atomic E-state index is 5.76. The van der Waals surface area contributed by atoms with Gasteiger partial charge in [0.25, 0.3) is 0 Å². The Hall–Kier alpha value is -3.39. The van der Waals surface area contributed by atoms with Crippen LogP contribution in [0.2, 0.25) is 0 Å². The van der Waals surface area contributed by atoms with E-state index in [0.29, 0.717) is 0 Å². The second kappa shape index (κ2) is 9.93. The van der Waals surface area contributed by atoms with Crippen molar-refractivity contribution in [3.63, 3.8) is 0 Å². The molecular weight excluding hydrogens is 450 g/mol. The molecule has 8 heteroatoms. The van der Waals surface area contributed by atoms with Gasteiger partial charge in [-0.3, -0.25) is 4.98 Å². The molecule has 36 heavy (non-hydrogen) atoms. The normalized spacial score (nSPS) is 14.2. The van der Waals surface area contributed by atoms with Crippen LogP contribution >= 0.6 is 0 Å². The lowest BCUT2D eigenvalue weighted by Gasteiger charge is -2.25. The summed E-state index contributed by atoms with van der Waals surface area (Å²) >= 11 is 0. The summed E-state index contributed by atoms with van der Waals surface area (Å²) in [5.74, 6) is 2.34. The molecule has 2 aromatic heterocycles. The van der Waals surface area contributed by atoms with Gasteiger partial charge in [-0.1, -0.05) is 13.8 Å². The lowest BCUT2D eigenvalue weighted by Crippen LogP contribution is -2.28. The number of nitrogens with one attached hydrogen (secondary N) is 1. The van der Waals surface area contributed by atoms with E-state index in [0.717, 1.165) is 65.5 Å². The summed E-state index contributed by atoms with van der Waals surface area (Å²) < 4.78 is 5.76. The molecule has 1 aliphatic rings. The van der Waals surface area contributed by atoms with E-state index in [1.54, 1.807) is 13.4 Å². The fourth-order valence-corrected chi connectivity index (χ4v) is 4.68. The molecule has 0 saturated carbocycles. The average Bonchev–Trinajstić information content (AvgIpc) is 3.08. The van der Waals surface area contributed by atoms with Crippen LogP contribution in [0.4, 0.5) is 28.7 Å². The van der Waals surface area contributed by atoms with Crippen molar-refractivity contribution in [2.75, 3.05) is 63.0 Å². The van der Waals surface area contributed by atoms with Crippen molar-refractivity contribution in [1.82, 2.24) is 19.9 Å². The summed E-state index contributed by atoms with van der Waals surface area (Å²) in [4.78, 5) is 20.7. The second-order valence-electron chi connectivity index (χ2n) is 10.7. The van der Waals surface area contributed by atoms with Crippen molar-refractivity contribution in [2.45, 2.75) is 40.0 Å². The van der Waals surface area contributed by atoms with Crippen LogP contribution in [-0.4, -0.2) is 67.7 Å². The van der Waals surface area contributed by atoms with E-state index in [9.17, 15) is 0 Å². The number of hydrogen-bond acceptors (Lipinski definition) is 8. The highest BCUT2D eigenvalue weighted by Gasteiger charge is 2.38. The smallest absolute Gasteiger partial charge is 0.144 e. The Labute approximate surface area is 215 Å². The van der Waals surface area contributed by atoms with Crippen molar-refractivity contribution < 1.29 is 4.74 Å². The van der Waals surface area contributed by atoms with Gasteiger partial charge in [-0.15, -0.1) is 0 Å². The predicted octanol–water partition coefficient (Wildman–Crippen LogP) is 4.98. The van der Waals surface area contributed by atoms with E-state index in [4.69, 9.17) is 9.72 Å². The number of hydrogen-bond donors (Lipinski definition) is 1. The summed E-state index contributed by atoms with van der Waals surface area (Å²) in [7, 11) is 7.99. The Morgan fingerprint density at radius 1 is 1.00 bits per heavy atom. The number of ether oxygens (including phenoxy) is 1. The minimum atomic E-state index is -0.0683. The van der Waals surface area contributed by atoms with Gasteiger partial charge in [0.05, 0.1) is 24.2 Å². The van der Waals surface area contributed by atoms with Crippen molar-refractivity contribution in [2.24, 2.45) is 0 Å². The quantitative estimate of drug-likeness (QED) is 0.475. The predicted molar refractivity (Wildman–Crippen MR) is 149 cm³/mol. The summed E-state index contributed by atoms with van der Waals surface area (Å²) in [6.45, 7) is 13.5. The van der Waals surface area contributed by atoms with Crippen molar-refractivity contribution in [3.8, 4) is 5.75 Å². The van der Waals surface area contributed by atoms with Gasteiger partial charge in [0, 0.05) is 55.6 Å². The second-order valence-corrected chi connectivity index (χ2v) is 10.7. The van der Waals surface area contributed by atoms with Gasteiger partial charge in [0.2, 0.25) is 0 Å². The zero-order valence-corrected chi connectivity index (χ0v) is 23.1. The third kappa shape index (κ3) is 5.09. The van der Waals surface area contributed by atoms with E-state index < -0.39 is 0 Å². The van der Waals surface area contributed by atoms with Crippen LogP contribution in [0.15, 0.2) is 30.6 Å². The maximum Gasteiger partial charge on any atom is 0.144 e. The average molecular weight is 490 g/mol. The zero-order chi connectivity index (χ0) is 26.2. The topological polar surface area (TPSA) is 69.7 Å². The van der Waals surface area contributed by atoms with Crippen molar-refractivity contribution in [3.05, 3.63) is 53.1 Å². The van der Waals surface area contributed by atoms with E-state index in [2.05, 4.69) is 104 Å². The molecule has 192 valence electrons. The Bertz CT molecular complexity index is 1250. The van der Waals surface area contributed by atoms with E-state index >= 15 is 0 Å². The highest BCUT2D eigenvalue weighted by Crippen LogP contribution is 2.44. The van der Waals surface area contributed by atoms with E-state index in [1.807, 2.05) is 6.07 Å². The number of anilines is 5. The molecule has 0 unspecified atom stereocenters. The summed E-state index contributed by atoms with van der Waals surface area (Å²) in [6.07, 6.45) is 1.61. The maximum atomic E-state index is 5.76. The Morgan fingerprint density at radius 3 is 2.44 bits per heavy atom. The van der Waals surface area contributed by atoms with Crippen LogP contribution in [0.3, 0.4) is 0 Å². The highest BCUT2D eigenvalue weighted by atomic mass is 16.5. The van der Waals surface area contributed by atoms with Gasteiger partial charge in [0.15, 0.2) is 0 Å². The van der Waals surface area contributed by atoms with Crippen LogP contribution in [0.5, 0.6) is 5.75 Å². The Morgan fingerprint density at radius 2 is 1.75 bits per heavy atom. The summed E-state index contributed by atoms with van der Waals surface area (Å²) in [6, 6.07) is 8.42. The number of nitrogens with zero attached hydrogens (tertiary/aromatic N) is 6. The van der Waals surface area contributed by atoms with Gasteiger partial charge < -0.3 is 24.8 Å². The largest absolute Gasteiger partial charge is 0.494 e. The molecule has 0 radical (unpaired) electrons. The Balaban J connectivity index is 1.62. The number of methoxy groups -OCH3 is 1. The molecular formula is C28H39N7O. The SMILES string of the molecule is COc1cc(N(C)CCN(C)C)c(C)cc1Nc1cc(N2CC(C)(C)c3nc(C)c(C)cc32)ncn1. The Kier molecular flexibility index (Phi) is 7.09. The molecule has 1 N–H and O–H groups in total. The van der Waals surface area contributed by atoms with E-state index in [1.165, 1.54) is 11.1 Å². The fourth-order valence-electron chi connectivity index (χ4n) is 4.68. The highest BCUT2D eigenvalue weighted by molar-refractivity contribution is 5.75. The standard InChI is InChI=1S/C28H39N7O/c1-18-13-23-27(31-20(18)3)28(4,5)16-35(23)26-15-25(29-17-30-26)32-21-12-19(2)22(14-24(21)36-9)34(8)11-10-33(6)7/h12-15,17H,10-11,16H2,1-9H3,(H,29,30,32). The van der Waals surface area contributed by atoms with Crippen LogP contribution in [0.1, 0.15) is 36.4 Å². The third-order valence-corrected chi connectivity index (χ3v) is 6.94. The first kappa shape index (κ1) is 25.7. The molecule has 3 heterocycles. The third-order valence-electron chi connectivity index (χ3n) is 6.94. The van der Waals surface area contributed by atoms with Crippen molar-refractivity contribution in [1.29, 1.82) is 0 Å². The number of pyridine rings is 1. The lowest BCUT2D eigenvalue weighted by atomic mass is 9.91. The minimum Gasteiger partial charge on any atom is -0.494 e. The molecule has 0 fully saturated rings. The van der Waals surface area contributed by atoms with Crippen LogP contribution in [0, 0.1) is 20.8 Å². The molecule has 4 rings (SSSR count). The summed E-state index contributed by atoms with van der Waals surface area (Å²) in [5.41, 5.74) is 7.61. The zero-order valence-electron chi connectivity index (χ0n) is 23.1. The molecule has 0 saturated heterocycles. The van der Waals surface area contributed by atoms with E-state index in [-0.39, 0.29) is 5.41 Å². The number of rotatable bonds is 8. The van der Waals surface area contributed by atoms with Crippen LogP contribution in [0.25, 0.3) is 0 Å². The van der Waals surface area contributed by atoms with Gasteiger partial charge in [-0.2, -0.15) is 0 Å². The molecule has 0 atom stereocenters. The molecule has 3 aromatic rings. The van der Waals surface area contributed by atoms with Crippen LogP contribution in [-0.2, 0) is 5.41 Å². The molecule has 0 spiro atoms. The molecule has 0 aliphatic carbocycles. The van der Waals surface area contributed by atoms with Gasteiger partial charge in [0.1, 0.15) is 23.7 Å².